The van der Waals surface area contributed by atoms with E-state index in [4.69, 9.17) is 13.7 Å². The average molecular weight is 346 g/mol. The van der Waals surface area contributed by atoms with Crippen LogP contribution in [0.4, 0.5) is 0 Å². The van der Waals surface area contributed by atoms with Crippen LogP contribution in [-0.4, -0.2) is 45.2 Å². The van der Waals surface area contributed by atoms with Gasteiger partial charge in [-0.1, -0.05) is 51.5 Å². The molecule has 2 aliphatic rings. The van der Waals surface area contributed by atoms with Crippen LogP contribution in [0, 0.1) is 0 Å². The first kappa shape index (κ1) is 18.9. The zero-order chi connectivity index (χ0) is 16.7. The molecular weight excluding hydrogens is 316 g/mol. The van der Waals surface area contributed by atoms with Gasteiger partial charge in [0, 0.05) is 0 Å². The molecule has 2 rings (SSSR count). The maximum Gasteiger partial charge on any atom is 0.267 e. The lowest BCUT2D eigenvalue weighted by atomic mass is 10.1. The van der Waals surface area contributed by atoms with E-state index < -0.39 is 16.2 Å². The quantitative estimate of drug-likeness (QED) is 0.235. The highest BCUT2D eigenvalue weighted by Crippen LogP contribution is 2.37. The topological polar surface area (TPSA) is 65.1 Å². The Morgan fingerprint density at radius 2 is 1.83 bits per heavy atom. The summed E-state index contributed by atoms with van der Waals surface area (Å²) in [5, 5.41) is 0. The number of rotatable bonds is 12. The number of ether oxygens (including phenoxy) is 2. The van der Waals surface area contributed by atoms with Gasteiger partial charge in [-0.15, -0.1) is 6.58 Å². The van der Waals surface area contributed by atoms with Crippen LogP contribution in [-0.2, 0) is 23.8 Å². The first-order valence-corrected chi connectivity index (χ1v) is 10.4. The molecule has 0 spiro atoms. The van der Waals surface area contributed by atoms with Gasteiger partial charge < -0.3 is 9.47 Å². The molecule has 0 radical (unpaired) electrons. The normalized spacial score (nSPS) is 30.0. The number of hydrogen-bond donors (Lipinski definition) is 0. The SMILES string of the molecule is C=CC[C@H]1OC[C@H](OS(=O)(=O)CCCCCCCCC)[C@@H]2O[C@@H]21. The highest BCUT2D eigenvalue weighted by Gasteiger charge is 2.55. The molecule has 4 atom stereocenters. The third-order valence-corrected chi connectivity index (χ3v) is 5.77. The maximum absolute atomic E-state index is 12.1. The molecule has 2 fully saturated rings. The molecule has 0 aromatic carbocycles. The monoisotopic (exact) mass is 346 g/mol. The Kier molecular flexibility index (Phi) is 7.53. The van der Waals surface area contributed by atoms with E-state index in [2.05, 4.69) is 13.5 Å². The highest BCUT2D eigenvalue weighted by molar-refractivity contribution is 7.86. The number of fused-ring (bicyclic) bond motifs is 1. The predicted molar refractivity (Wildman–Crippen MR) is 89.9 cm³/mol. The molecule has 0 aromatic heterocycles. The molecule has 0 aromatic rings. The van der Waals surface area contributed by atoms with E-state index in [0.717, 1.165) is 19.3 Å². The minimum atomic E-state index is -3.49. The van der Waals surface area contributed by atoms with Crippen molar-refractivity contribution >= 4 is 10.1 Å². The summed E-state index contributed by atoms with van der Waals surface area (Å²) in [6.45, 7) is 6.15. The second-order valence-electron chi connectivity index (χ2n) is 6.48. The van der Waals surface area contributed by atoms with Crippen molar-refractivity contribution in [3.63, 3.8) is 0 Å². The van der Waals surface area contributed by atoms with Crippen molar-refractivity contribution in [1.29, 1.82) is 0 Å². The van der Waals surface area contributed by atoms with Crippen molar-refractivity contribution in [2.75, 3.05) is 12.4 Å². The number of unbranched alkanes of at least 4 members (excludes halogenated alkanes) is 6. The Balaban J connectivity index is 1.62. The minimum Gasteiger partial charge on any atom is -0.372 e. The first-order valence-electron chi connectivity index (χ1n) is 8.86. The summed E-state index contributed by atoms with van der Waals surface area (Å²) in [4.78, 5) is 0. The van der Waals surface area contributed by atoms with Crippen LogP contribution in [0.1, 0.15) is 58.3 Å². The van der Waals surface area contributed by atoms with E-state index in [-0.39, 0.29) is 30.7 Å². The fourth-order valence-corrected chi connectivity index (χ4v) is 4.26. The van der Waals surface area contributed by atoms with Crippen LogP contribution >= 0.6 is 0 Å². The van der Waals surface area contributed by atoms with Crippen LogP contribution in [0.5, 0.6) is 0 Å². The molecule has 0 saturated carbocycles. The summed E-state index contributed by atoms with van der Waals surface area (Å²) in [7, 11) is -3.49. The number of hydrogen-bond acceptors (Lipinski definition) is 5. The lowest BCUT2D eigenvalue weighted by Gasteiger charge is -2.24. The Labute approximate surface area is 140 Å². The molecule has 0 aliphatic carbocycles. The van der Waals surface area contributed by atoms with Gasteiger partial charge in [0.05, 0.1) is 18.5 Å². The Morgan fingerprint density at radius 1 is 1.13 bits per heavy atom. The van der Waals surface area contributed by atoms with Gasteiger partial charge in [0.25, 0.3) is 10.1 Å². The van der Waals surface area contributed by atoms with Crippen molar-refractivity contribution in [2.24, 2.45) is 0 Å². The van der Waals surface area contributed by atoms with E-state index in [1.165, 1.54) is 25.7 Å². The van der Waals surface area contributed by atoms with Crippen LogP contribution in [0.3, 0.4) is 0 Å². The summed E-state index contributed by atoms with van der Waals surface area (Å²) < 4.78 is 40.6. The summed E-state index contributed by atoms with van der Waals surface area (Å²) in [6, 6.07) is 0. The van der Waals surface area contributed by atoms with E-state index in [1.807, 2.05) is 0 Å². The molecule has 5 nitrogen and oxygen atoms in total. The standard InChI is InChI=1S/C17H30O5S/c1-3-5-6-7-8-9-10-12-23(18,19)22-15-13-20-14(11-4-2)16-17(15)21-16/h4,14-17H,2-3,5-13H2,1H3/t14-,15+,16-,17+/m1/s1. The van der Waals surface area contributed by atoms with Crippen LogP contribution in [0.15, 0.2) is 12.7 Å². The third-order valence-electron chi connectivity index (χ3n) is 4.44. The zero-order valence-corrected chi connectivity index (χ0v) is 14.9. The average Bonchev–Trinajstić information content (AvgIpc) is 3.30. The molecule has 0 amide bonds. The Morgan fingerprint density at radius 3 is 2.52 bits per heavy atom. The first-order chi connectivity index (χ1) is 11.1. The van der Waals surface area contributed by atoms with Gasteiger partial charge in [0.15, 0.2) is 0 Å². The molecule has 0 unspecified atom stereocenters. The minimum absolute atomic E-state index is 0.0109. The van der Waals surface area contributed by atoms with Gasteiger partial charge in [-0.3, -0.25) is 4.18 Å². The van der Waals surface area contributed by atoms with Crippen molar-refractivity contribution in [3.05, 3.63) is 12.7 Å². The van der Waals surface area contributed by atoms with E-state index in [0.29, 0.717) is 6.42 Å². The van der Waals surface area contributed by atoms with Crippen LogP contribution in [0.25, 0.3) is 0 Å². The predicted octanol–water partition coefficient (Wildman–Crippen LogP) is 3.19. The molecule has 0 bridgehead atoms. The van der Waals surface area contributed by atoms with E-state index in [1.54, 1.807) is 6.08 Å². The molecule has 2 aliphatic heterocycles. The maximum atomic E-state index is 12.1. The second-order valence-corrected chi connectivity index (χ2v) is 8.20. The fourth-order valence-electron chi connectivity index (χ4n) is 3.06. The second kappa shape index (κ2) is 9.16. The van der Waals surface area contributed by atoms with Crippen molar-refractivity contribution < 1.29 is 22.1 Å². The van der Waals surface area contributed by atoms with Crippen molar-refractivity contribution in [1.82, 2.24) is 0 Å². The summed E-state index contributed by atoms with van der Waals surface area (Å²) >= 11 is 0. The molecule has 6 heteroatoms. The Hall–Kier alpha value is -0.430. The smallest absolute Gasteiger partial charge is 0.267 e. The summed E-state index contributed by atoms with van der Waals surface area (Å²) in [5.74, 6) is 0.0880. The fraction of sp³-hybridized carbons (Fsp3) is 0.882. The van der Waals surface area contributed by atoms with Gasteiger partial charge in [-0.25, -0.2) is 0 Å². The van der Waals surface area contributed by atoms with Gasteiger partial charge >= 0.3 is 0 Å². The van der Waals surface area contributed by atoms with E-state index >= 15 is 0 Å². The van der Waals surface area contributed by atoms with Crippen molar-refractivity contribution in [2.45, 2.75) is 82.7 Å². The molecule has 0 N–H and O–H groups in total. The van der Waals surface area contributed by atoms with E-state index in [9.17, 15) is 8.42 Å². The summed E-state index contributed by atoms with van der Waals surface area (Å²) in [6.07, 6.45) is 9.45. The Bertz CT molecular complexity index is 462. The highest BCUT2D eigenvalue weighted by atomic mass is 32.2. The molecule has 23 heavy (non-hydrogen) atoms. The van der Waals surface area contributed by atoms with Crippen LogP contribution in [0.2, 0.25) is 0 Å². The van der Waals surface area contributed by atoms with Gasteiger partial charge in [0.2, 0.25) is 0 Å². The van der Waals surface area contributed by atoms with Gasteiger partial charge in [0.1, 0.15) is 18.3 Å². The molecule has 2 saturated heterocycles. The largest absolute Gasteiger partial charge is 0.372 e. The third kappa shape index (κ3) is 6.18. The van der Waals surface area contributed by atoms with Gasteiger partial charge in [-0.2, -0.15) is 8.42 Å². The lowest BCUT2D eigenvalue weighted by Crippen LogP contribution is -2.40. The number of epoxide rings is 1. The zero-order valence-electron chi connectivity index (χ0n) is 14.1. The lowest BCUT2D eigenvalue weighted by molar-refractivity contribution is -0.0224. The molecule has 2 heterocycles. The molecular formula is C17H30O5S. The van der Waals surface area contributed by atoms with Crippen molar-refractivity contribution in [3.8, 4) is 0 Å². The van der Waals surface area contributed by atoms with Gasteiger partial charge in [-0.05, 0) is 12.8 Å². The van der Waals surface area contributed by atoms with Crippen LogP contribution < -0.4 is 0 Å². The summed E-state index contributed by atoms with van der Waals surface area (Å²) in [5.41, 5.74) is 0. The molecule has 134 valence electrons.